The molecule has 1 fully saturated rings. The van der Waals surface area contributed by atoms with E-state index in [0.29, 0.717) is 17.9 Å². The summed E-state index contributed by atoms with van der Waals surface area (Å²) in [7, 11) is 0. The van der Waals surface area contributed by atoms with Crippen LogP contribution in [0, 0.1) is 11.8 Å². The average molecular weight is 470 g/mol. The monoisotopic (exact) mass is 467 g/mol. The molecular weight excluding hydrogens is 450 g/mol. The van der Waals surface area contributed by atoms with Crippen molar-refractivity contribution in [2.45, 2.75) is 48.4 Å². The quantitative estimate of drug-likeness (QED) is 0.566. The lowest BCUT2D eigenvalue weighted by Crippen LogP contribution is -2.45. The second-order valence-corrected chi connectivity index (χ2v) is 12.4. The van der Waals surface area contributed by atoms with E-state index in [1.807, 2.05) is 11.2 Å². The lowest BCUT2D eigenvalue weighted by Gasteiger charge is -2.40. The van der Waals surface area contributed by atoms with Crippen molar-refractivity contribution in [2.75, 3.05) is 6.54 Å². The van der Waals surface area contributed by atoms with Crippen LogP contribution in [-0.4, -0.2) is 23.4 Å². The Morgan fingerprint density at radius 1 is 1.33 bits per heavy atom. The van der Waals surface area contributed by atoms with Gasteiger partial charge in [-0.15, -0.1) is 0 Å². The van der Waals surface area contributed by atoms with Crippen LogP contribution in [0.2, 0.25) is 0 Å². The van der Waals surface area contributed by atoms with E-state index in [-0.39, 0.29) is 0 Å². The van der Waals surface area contributed by atoms with E-state index in [9.17, 15) is 4.21 Å². The summed E-state index contributed by atoms with van der Waals surface area (Å²) in [6.45, 7) is 7.26. The van der Waals surface area contributed by atoms with Crippen molar-refractivity contribution in [3.63, 3.8) is 0 Å². The molecule has 3 nitrogen and oxygen atoms in total. The van der Waals surface area contributed by atoms with Crippen LogP contribution in [-0.2, 0) is 15.4 Å². The third-order valence-electron chi connectivity index (χ3n) is 3.70. The molecule has 4 atom stereocenters. The summed E-state index contributed by atoms with van der Waals surface area (Å²) >= 11 is 8.19. The smallest absolute Gasteiger partial charge is 0.237 e. The van der Waals surface area contributed by atoms with E-state index < -0.39 is 13.6 Å². The Hall–Kier alpha value is 1.51. The Morgan fingerprint density at radius 2 is 1.94 bits per heavy atom. The first-order valence-corrected chi connectivity index (χ1v) is 9.62. The molecule has 1 aliphatic rings. The first-order valence-electron chi connectivity index (χ1n) is 6.21. The van der Waals surface area contributed by atoms with Gasteiger partial charge in [0, 0.05) is 12.6 Å². The Kier molecular flexibility index (Phi) is 7.32. The number of nitrogens with zero attached hydrogens (tertiary/aromatic N) is 1. The van der Waals surface area contributed by atoms with Gasteiger partial charge in [-0.2, -0.15) is 4.31 Å². The zero-order valence-corrected chi connectivity index (χ0v) is 16.4. The van der Waals surface area contributed by atoms with Gasteiger partial charge in [0.25, 0.3) is 0 Å². The molecule has 0 aromatic heterocycles. The largest absolute Gasteiger partial charge is 0.249 e. The van der Waals surface area contributed by atoms with Gasteiger partial charge in [0.15, 0.2) is 0 Å². The number of rotatable bonds is 4. The molecule has 7 heteroatoms. The highest BCUT2D eigenvalue weighted by Gasteiger charge is 2.36. The van der Waals surface area contributed by atoms with Gasteiger partial charge in [0.1, 0.15) is 0 Å². The highest BCUT2D eigenvalue weighted by atomic mass is 80.0. The predicted octanol–water partition coefficient (Wildman–Crippen LogP) is 4.52. The Morgan fingerprint density at radius 3 is 2.44 bits per heavy atom. The lowest BCUT2D eigenvalue weighted by atomic mass is 9.78. The number of hydrogen-bond acceptors (Lipinski definition) is 2. The molecule has 0 aromatic carbocycles. The van der Waals surface area contributed by atoms with Crippen molar-refractivity contribution < 1.29 is 8.39 Å². The van der Waals surface area contributed by atoms with Gasteiger partial charge in [-0.3, -0.25) is 0 Å². The van der Waals surface area contributed by atoms with Crippen LogP contribution in [0.4, 0.5) is 0 Å². The van der Waals surface area contributed by atoms with Gasteiger partial charge in [0.05, 0.1) is 0 Å². The third-order valence-corrected chi connectivity index (χ3v) is 6.14. The first kappa shape index (κ1) is 17.6. The van der Waals surface area contributed by atoms with Crippen molar-refractivity contribution in [1.29, 1.82) is 0 Å². The van der Waals surface area contributed by atoms with Gasteiger partial charge in [-0.05, 0) is 66.0 Å². The van der Waals surface area contributed by atoms with Crippen LogP contribution < -0.4 is 0 Å². The fourth-order valence-corrected chi connectivity index (χ4v) is 4.54. The predicted molar refractivity (Wildman–Crippen MR) is 87.1 cm³/mol. The maximum absolute atomic E-state index is 12.3. The third kappa shape index (κ3) is 5.13. The molecule has 1 saturated carbocycles. The summed E-state index contributed by atoms with van der Waals surface area (Å²) < 4.78 is 18.7. The summed E-state index contributed by atoms with van der Waals surface area (Å²) in [5.41, 5.74) is 0. The van der Waals surface area contributed by atoms with Crippen LogP contribution in [0.3, 0.4) is 0 Å². The maximum atomic E-state index is 12.3. The molecule has 0 aliphatic heterocycles. The summed E-state index contributed by atoms with van der Waals surface area (Å²) in [5, 5.41) is 0. The normalized spacial score (nSPS) is 31.6. The minimum Gasteiger partial charge on any atom is -0.237 e. The molecule has 18 heavy (non-hydrogen) atoms. The topological polar surface area (TPSA) is 29.5 Å². The molecule has 0 amide bonds. The summed E-state index contributed by atoms with van der Waals surface area (Å²) in [6, 6.07) is 0.328. The Balaban J connectivity index is 2.73. The molecule has 0 radical (unpaired) electrons. The van der Waals surface area contributed by atoms with Crippen molar-refractivity contribution in [3.05, 3.63) is 0 Å². The van der Waals surface area contributed by atoms with Gasteiger partial charge >= 0.3 is 0 Å². The number of halogens is 3. The average Bonchev–Trinajstić information content (AvgIpc) is 2.22. The summed E-state index contributed by atoms with van der Waals surface area (Å²) in [6.07, 6.45) is 3.56. The SMILES string of the molecule is CCN(C1CCCC(C)C1C)S(=O)OC(Br)(Br)Br. The lowest BCUT2D eigenvalue weighted by molar-refractivity contribution is 0.140. The van der Waals surface area contributed by atoms with Crippen molar-refractivity contribution in [1.82, 2.24) is 4.31 Å². The van der Waals surface area contributed by atoms with Gasteiger partial charge in [-0.25, -0.2) is 8.39 Å². The zero-order valence-electron chi connectivity index (χ0n) is 10.9. The highest BCUT2D eigenvalue weighted by Crippen LogP contribution is 2.38. The van der Waals surface area contributed by atoms with Crippen molar-refractivity contribution in [2.24, 2.45) is 11.8 Å². The first-order chi connectivity index (χ1) is 8.26. The number of hydrogen-bond donors (Lipinski definition) is 0. The summed E-state index contributed by atoms with van der Waals surface area (Å²) in [4.78, 5) is 0. The van der Waals surface area contributed by atoms with Gasteiger partial charge < -0.3 is 0 Å². The summed E-state index contributed by atoms with van der Waals surface area (Å²) in [5.74, 6) is 1.22. The highest BCUT2D eigenvalue weighted by molar-refractivity contribution is 9.39. The zero-order chi connectivity index (χ0) is 13.9. The molecular formula is C11H20Br3NO2S. The molecule has 0 N–H and O–H groups in total. The Bertz CT molecular complexity index is 299. The second kappa shape index (κ2) is 7.50. The molecule has 0 bridgehead atoms. The standard InChI is InChI=1S/C11H20Br3NO2S/c1-4-15(18(16)17-11(12,13)14)10-7-5-6-8(2)9(10)3/h8-10H,4-7H2,1-3H3. The number of alkyl halides is 3. The van der Waals surface area contributed by atoms with E-state index in [1.165, 1.54) is 12.8 Å². The molecule has 1 aliphatic carbocycles. The van der Waals surface area contributed by atoms with Gasteiger partial charge in [0.2, 0.25) is 13.6 Å². The molecule has 0 saturated heterocycles. The molecule has 0 heterocycles. The Labute approximate surface area is 138 Å². The van der Waals surface area contributed by atoms with Crippen molar-refractivity contribution >= 4 is 59.1 Å². The van der Waals surface area contributed by atoms with Crippen LogP contribution in [0.15, 0.2) is 0 Å². The van der Waals surface area contributed by atoms with Gasteiger partial charge in [-0.1, -0.05) is 33.6 Å². The fourth-order valence-electron chi connectivity index (χ4n) is 2.54. The second-order valence-electron chi connectivity index (χ2n) is 4.81. The van der Waals surface area contributed by atoms with Crippen molar-refractivity contribution in [3.8, 4) is 0 Å². The molecule has 0 spiro atoms. The van der Waals surface area contributed by atoms with E-state index in [1.54, 1.807) is 0 Å². The molecule has 1 rings (SSSR count). The fraction of sp³-hybridized carbons (Fsp3) is 1.00. The van der Waals surface area contributed by atoms with E-state index in [2.05, 4.69) is 61.6 Å². The molecule has 108 valence electrons. The van der Waals surface area contributed by atoms with Crippen LogP contribution in [0.25, 0.3) is 0 Å². The maximum Gasteiger partial charge on any atom is 0.249 e. The van der Waals surface area contributed by atoms with Crippen LogP contribution >= 0.6 is 47.8 Å². The van der Waals surface area contributed by atoms with Crippen LogP contribution in [0.1, 0.15) is 40.0 Å². The minimum absolute atomic E-state index is 0.328. The van der Waals surface area contributed by atoms with E-state index >= 15 is 0 Å². The van der Waals surface area contributed by atoms with E-state index in [4.69, 9.17) is 4.18 Å². The van der Waals surface area contributed by atoms with Crippen LogP contribution in [0.5, 0.6) is 0 Å². The van der Waals surface area contributed by atoms with E-state index in [0.717, 1.165) is 13.0 Å². The minimum atomic E-state index is -1.47. The molecule has 0 aromatic rings. The molecule has 4 unspecified atom stereocenters.